The van der Waals surface area contributed by atoms with Gasteiger partial charge in [-0.25, -0.2) is 0 Å². The van der Waals surface area contributed by atoms with Crippen molar-refractivity contribution in [2.24, 2.45) is 0 Å². The summed E-state index contributed by atoms with van der Waals surface area (Å²) in [4.78, 5) is 0. The van der Waals surface area contributed by atoms with E-state index in [0.717, 1.165) is 30.9 Å². The first-order valence-electron chi connectivity index (χ1n) is 6.41. The van der Waals surface area contributed by atoms with Crippen LogP contribution < -0.4 is 10.1 Å². The molecular formula is C14H21NO2. The topological polar surface area (TPSA) is 30.5 Å². The van der Waals surface area contributed by atoms with Crippen LogP contribution in [0.4, 0.5) is 0 Å². The summed E-state index contributed by atoms with van der Waals surface area (Å²) in [5.74, 6) is 0.941. The average molecular weight is 235 g/mol. The normalized spacial score (nSPS) is 24.6. The van der Waals surface area contributed by atoms with Crippen LogP contribution in [0.5, 0.6) is 5.75 Å². The summed E-state index contributed by atoms with van der Waals surface area (Å²) >= 11 is 0. The van der Waals surface area contributed by atoms with Gasteiger partial charge in [0.15, 0.2) is 0 Å². The fraction of sp³-hybridized carbons (Fsp3) is 0.571. The molecule has 3 nitrogen and oxygen atoms in total. The van der Waals surface area contributed by atoms with Crippen LogP contribution in [0.1, 0.15) is 31.9 Å². The van der Waals surface area contributed by atoms with E-state index in [2.05, 4.69) is 18.3 Å². The van der Waals surface area contributed by atoms with Crippen LogP contribution in [0.25, 0.3) is 0 Å². The van der Waals surface area contributed by atoms with E-state index in [1.165, 1.54) is 0 Å². The van der Waals surface area contributed by atoms with Gasteiger partial charge in [0.1, 0.15) is 5.75 Å². The molecule has 0 bridgehead atoms. The zero-order chi connectivity index (χ0) is 12.1. The maximum absolute atomic E-state index is 5.91. The highest BCUT2D eigenvalue weighted by molar-refractivity contribution is 5.35. The van der Waals surface area contributed by atoms with Crippen molar-refractivity contribution in [3.05, 3.63) is 29.8 Å². The van der Waals surface area contributed by atoms with Crippen molar-refractivity contribution in [3.63, 3.8) is 0 Å². The predicted octanol–water partition coefficient (Wildman–Crippen LogP) is 2.52. The summed E-state index contributed by atoms with van der Waals surface area (Å²) in [6, 6.07) is 8.62. The van der Waals surface area contributed by atoms with Gasteiger partial charge in [0.2, 0.25) is 0 Å². The Bertz CT molecular complexity index is 346. The van der Waals surface area contributed by atoms with Crippen molar-refractivity contribution in [2.45, 2.75) is 32.4 Å². The number of hydrogen-bond acceptors (Lipinski definition) is 3. The Balaban J connectivity index is 2.07. The Morgan fingerprint density at radius 3 is 2.82 bits per heavy atom. The molecular weight excluding hydrogens is 214 g/mol. The monoisotopic (exact) mass is 235 g/mol. The Morgan fingerprint density at radius 2 is 2.18 bits per heavy atom. The highest BCUT2D eigenvalue weighted by atomic mass is 16.5. The third-order valence-electron chi connectivity index (χ3n) is 3.15. The highest BCUT2D eigenvalue weighted by Gasteiger charge is 2.23. The lowest BCUT2D eigenvalue weighted by atomic mass is 10.1. The molecule has 0 saturated carbocycles. The number of morpholine rings is 1. The van der Waals surface area contributed by atoms with Gasteiger partial charge in [0.25, 0.3) is 0 Å². The van der Waals surface area contributed by atoms with Gasteiger partial charge in [-0.15, -0.1) is 0 Å². The molecule has 1 aromatic carbocycles. The van der Waals surface area contributed by atoms with Gasteiger partial charge in [-0.3, -0.25) is 0 Å². The van der Waals surface area contributed by atoms with Crippen molar-refractivity contribution in [1.82, 2.24) is 5.32 Å². The van der Waals surface area contributed by atoms with E-state index in [0.29, 0.717) is 12.6 Å². The van der Waals surface area contributed by atoms with Crippen LogP contribution in [-0.4, -0.2) is 25.8 Å². The highest BCUT2D eigenvalue weighted by Crippen LogP contribution is 2.29. The fourth-order valence-electron chi connectivity index (χ4n) is 2.12. The van der Waals surface area contributed by atoms with Gasteiger partial charge in [-0.05, 0) is 19.4 Å². The average Bonchev–Trinajstić information content (AvgIpc) is 2.40. The molecule has 2 rings (SSSR count). The SMILES string of the molecule is CCOc1ccccc1C1CNC(CC)CO1. The Labute approximate surface area is 103 Å². The van der Waals surface area contributed by atoms with Gasteiger partial charge in [-0.1, -0.05) is 25.1 Å². The number of hydrogen-bond donors (Lipinski definition) is 1. The summed E-state index contributed by atoms with van der Waals surface area (Å²) < 4.78 is 11.5. The summed E-state index contributed by atoms with van der Waals surface area (Å²) in [7, 11) is 0. The van der Waals surface area contributed by atoms with Crippen molar-refractivity contribution >= 4 is 0 Å². The summed E-state index contributed by atoms with van der Waals surface area (Å²) in [6.07, 6.45) is 1.22. The van der Waals surface area contributed by atoms with Gasteiger partial charge >= 0.3 is 0 Å². The molecule has 3 heteroatoms. The van der Waals surface area contributed by atoms with E-state index in [1.54, 1.807) is 0 Å². The summed E-state index contributed by atoms with van der Waals surface area (Å²) in [5, 5.41) is 3.51. The third kappa shape index (κ3) is 2.99. The number of para-hydroxylation sites is 1. The van der Waals surface area contributed by atoms with Crippen LogP contribution in [0.15, 0.2) is 24.3 Å². The molecule has 0 radical (unpaired) electrons. The molecule has 1 N–H and O–H groups in total. The summed E-state index contributed by atoms with van der Waals surface area (Å²) in [6.45, 7) is 6.51. The van der Waals surface area contributed by atoms with Crippen molar-refractivity contribution in [3.8, 4) is 5.75 Å². The first-order valence-corrected chi connectivity index (χ1v) is 6.41. The van der Waals surface area contributed by atoms with Gasteiger partial charge in [-0.2, -0.15) is 0 Å². The lowest BCUT2D eigenvalue weighted by Crippen LogP contribution is -2.42. The second-order valence-corrected chi connectivity index (χ2v) is 4.31. The molecule has 0 amide bonds. The van der Waals surface area contributed by atoms with Crippen molar-refractivity contribution < 1.29 is 9.47 Å². The molecule has 1 fully saturated rings. The maximum atomic E-state index is 5.91. The fourth-order valence-corrected chi connectivity index (χ4v) is 2.12. The molecule has 94 valence electrons. The molecule has 1 aliphatic heterocycles. The Morgan fingerprint density at radius 1 is 1.35 bits per heavy atom. The first kappa shape index (κ1) is 12.4. The molecule has 0 spiro atoms. The van der Waals surface area contributed by atoms with E-state index in [-0.39, 0.29) is 6.10 Å². The Kier molecular flexibility index (Phi) is 4.40. The minimum atomic E-state index is 0.112. The number of nitrogens with one attached hydrogen (secondary N) is 1. The predicted molar refractivity (Wildman–Crippen MR) is 68.4 cm³/mol. The van der Waals surface area contributed by atoms with Crippen LogP contribution in [0.3, 0.4) is 0 Å². The maximum Gasteiger partial charge on any atom is 0.125 e. The Hall–Kier alpha value is -1.06. The van der Waals surface area contributed by atoms with E-state index in [1.807, 2.05) is 25.1 Å². The number of ether oxygens (including phenoxy) is 2. The second-order valence-electron chi connectivity index (χ2n) is 4.31. The zero-order valence-electron chi connectivity index (χ0n) is 10.6. The van der Waals surface area contributed by atoms with Crippen LogP contribution in [-0.2, 0) is 4.74 Å². The third-order valence-corrected chi connectivity index (χ3v) is 3.15. The zero-order valence-corrected chi connectivity index (χ0v) is 10.6. The molecule has 17 heavy (non-hydrogen) atoms. The second kappa shape index (κ2) is 6.03. The molecule has 1 heterocycles. The molecule has 1 saturated heterocycles. The van der Waals surface area contributed by atoms with Gasteiger partial charge < -0.3 is 14.8 Å². The van der Waals surface area contributed by atoms with E-state index in [9.17, 15) is 0 Å². The van der Waals surface area contributed by atoms with Gasteiger partial charge in [0.05, 0.1) is 19.3 Å². The number of benzene rings is 1. The lowest BCUT2D eigenvalue weighted by molar-refractivity contribution is 0.000841. The lowest BCUT2D eigenvalue weighted by Gasteiger charge is -2.30. The molecule has 1 aromatic rings. The molecule has 2 unspecified atom stereocenters. The van der Waals surface area contributed by atoms with Gasteiger partial charge in [0, 0.05) is 18.2 Å². The number of rotatable bonds is 4. The molecule has 0 aromatic heterocycles. The molecule has 2 atom stereocenters. The minimum absolute atomic E-state index is 0.112. The largest absolute Gasteiger partial charge is 0.493 e. The van der Waals surface area contributed by atoms with E-state index < -0.39 is 0 Å². The van der Waals surface area contributed by atoms with Crippen LogP contribution in [0, 0.1) is 0 Å². The first-order chi connectivity index (χ1) is 8.35. The minimum Gasteiger partial charge on any atom is -0.493 e. The summed E-state index contributed by atoms with van der Waals surface area (Å²) in [5.41, 5.74) is 1.15. The smallest absolute Gasteiger partial charge is 0.125 e. The molecule has 1 aliphatic rings. The van der Waals surface area contributed by atoms with Crippen molar-refractivity contribution in [1.29, 1.82) is 0 Å². The standard InChI is InChI=1S/C14H21NO2/c1-3-11-10-17-14(9-15-11)12-7-5-6-8-13(12)16-4-2/h5-8,11,14-15H,3-4,9-10H2,1-2H3. The van der Waals surface area contributed by atoms with E-state index >= 15 is 0 Å². The van der Waals surface area contributed by atoms with Crippen LogP contribution >= 0.6 is 0 Å². The van der Waals surface area contributed by atoms with Crippen LogP contribution in [0.2, 0.25) is 0 Å². The quantitative estimate of drug-likeness (QED) is 0.870. The van der Waals surface area contributed by atoms with Crippen molar-refractivity contribution in [2.75, 3.05) is 19.8 Å². The molecule has 0 aliphatic carbocycles. The van der Waals surface area contributed by atoms with E-state index in [4.69, 9.17) is 9.47 Å².